The molecule has 21 heavy (non-hydrogen) atoms. The highest BCUT2D eigenvalue weighted by Gasteiger charge is 2.11. The second-order valence-corrected chi connectivity index (χ2v) is 5.05. The van der Waals surface area contributed by atoms with Gasteiger partial charge in [-0.1, -0.05) is 12.1 Å². The molecule has 0 bridgehead atoms. The maximum atomic E-state index is 5.60. The molecule has 0 saturated heterocycles. The largest absolute Gasteiger partial charge is 0.486 e. The third kappa shape index (κ3) is 3.95. The summed E-state index contributed by atoms with van der Waals surface area (Å²) in [6, 6.07) is 12.2. The van der Waals surface area contributed by atoms with Crippen LogP contribution in [-0.4, -0.2) is 31.3 Å². The number of nitrogens with one attached hydrogen (secondary N) is 1. The summed E-state index contributed by atoms with van der Waals surface area (Å²) >= 11 is 0. The third-order valence-electron chi connectivity index (χ3n) is 3.48. The maximum Gasteiger partial charge on any atom is 0.161 e. The van der Waals surface area contributed by atoms with Gasteiger partial charge in [0, 0.05) is 24.9 Å². The van der Waals surface area contributed by atoms with Crippen LogP contribution in [0.25, 0.3) is 0 Å². The van der Waals surface area contributed by atoms with E-state index in [4.69, 9.17) is 9.47 Å². The highest BCUT2D eigenvalue weighted by Crippen LogP contribution is 2.30. The summed E-state index contributed by atoms with van der Waals surface area (Å²) in [6.45, 7) is 3.17. The van der Waals surface area contributed by atoms with Crippen LogP contribution < -0.4 is 14.8 Å². The van der Waals surface area contributed by atoms with E-state index >= 15 is 0 Å². The molecule has 0 fully saturated rings. The molecule has 4 nitrogen and oxygen atoms in total. The molecule has 1 aliphatic rings. The Balaban J connectivity index is 1.41. The molecule has 1 aromatic heterocycles. The zero-order valence-electron chi connectivity index (χ0n) is 12.0. The van der Waals surface area contributed by atoms with Gasteiger partial charge in [0.1, 0.15) is 13.2 Å². The lowest BCUT2D eigenvalue weighted by Crippen LogP contribution is -2.20. The Morgan fingerprint density at radius 2 is 1.81 bits per heavy atom. The Morgan fingerprint density at radius 1 is 0.952 bits per heavy atom. The number of fused-ring (bicyclic) bond motifs is 1. The number of rotatable bonds is 6. The van der Waals surface area contributed by atoms with Crippen LogP contribution >= 0.6 is 0 Å². The first-order valence-corrected chi connectivity index (χ1v) is 7.41. The number of aromatic nitrogens is 1. The van der Waals surface area contributed by atoms with Crippen molar-refractivity contribution in [2.75, 3.05) is 26.3 Å². The summed E-state index contributed by atoms with van der Waals surface area (Å²) < 4.78 is 11.1. The number of ether oxygens (including phenoxy) is 2. The molecule has 4 heteroatoms. The summed E-state index contributed by atoms with van der Waals surface area (Å²) in [5, 5.41) is 3.45. The standard InChI is InChI=1S/C17H20N2O2/c1-2-8-19-15(3-1)7-10-18-9-6-14-4-5-16-17(13-14)21-12-11-20-16/h1-5,8,13,18H,6-7,9-12H2. The lowest BCUT2D eigenvalue weighted by molar-refractivity contribution is 0.171. The van der Waals surface area contributed by atoms with Crippen molar-refractivity contribution in [2.45, 2.75) is 12.8 Å². The predicted octanol–water partition coefficient (Wildman–Crippen LogP) is 2.23. The zero-order valence-corrected chi connectivity index (χ0v) is 12.0. The van der Waals surface area contributed by atoms with E-state index in [1.54, 1.807) is 0 Å². The average molecular weight is 284 g/mol. The monoisotopic (exact) mass is 284 g/mol. The number of hydrogen-bond donors (Lipinski definition) is 1. The normalized spacial score (nSPS) is 13.1. The highest BCUT2D eigenvalue weighted by atomic mass is 16.6. The molecule has 3 rings (SSSR count). The van der Waals surface area contributed by atoms with Crippen molar-refractivity contribution in [3.63, 3.8) is 0 Å². The molecule has 0 amide bonds. The van der Waals surface area contributed by atoms with E-state index in [-0.39, 0.29) is 0 Å². The first kappa shape index (κ1) is 13.9. The van der Waals surface area contributed by atoms with Crippen LogP contribution in [0.15, 0.2) is 42.6 Å². The fourth-order valence-electron chi connectivity index (χ4n) is 2.36. The lowest BCUT2D eigenvalue weighted by Gasteiger charge is -2.18. The van der Waals surface area contributed by atoms with Gasteiger partial charge in [-0.3, -0.25) is 4.98 Å². The van der Waals surface area contributed by atoms with Gasteiger partial charge in [0.15, 0.2) is 11.5 Å². The smallest absolute Gasteiger partial charge is 0.161 e. The topological polar surface area (TPSA) is 43.4 Å². The minimum atomic E-state index is 0.638. The summed E-state index contributed by atoms with van der Waals surface area (Å²) in [5.74, 6) is 1.72. The quantitative estimate of drug-likeness (QED) is 0.826. The lowest BCUT2D eigenvalue weighted by atomic mass is 10.1. The third-order valence-corrected chi connectivity index (χ3v) is 3.48. The van der Waals surface area contributed by atoms with Crippen LogP contribution in [0.5, 0.6) is 11.5 Å². The van der Waals surface area contributed by atoms with E-state index < -0.39 is 0 Å². The second-order valence-electron chi connectivity index (χ2n) is 5.05. The zero-order chi connectivity index (χ0) is 14.3. The van der Waals surface area contributed by atoms with Crippen LogP contribution in [0.4, 0.5) is 0 Å². The van der Waals surface area contributed by atoms with Crippen LogP contribution in [0, 0.1) is 0 Å². The molecule has 0 saturated carbocycles. The summed E-state index contributed by atoms with van der Waals surface area (Å²) in [7, 11) is 0. The van der Waals surface area contributed by atoms with Gasteiger partial charge in [0.05, 0.1) is 0 Å². The molecule has 0 radical (unpaired) electrons. The minimum absolute atomic E-state index is 0.638. The van der Waals surface area contributed by atoms with Crippen molar-refractivity contribution in [1.82, 2.24) is 10.3 Å². The Morgan fingerprint density at radius 3 is 2.67 bits per heavy atom. The molecule has 0 atom stereocenters. The number of nitrogens with zero attached hydrogens (tertiary/aromatic N) is 1. The van der Waals surface area contributed by atoms with Crippen molar-refractivity contribution in [2.24, 2.45) is 0 Å². The van der Waals surface area contributed by atoms with E-state index in [2.05, 4.69) is 28.5 Å². The van der Waals surface area contributed by atoms with Crippen molar-refractivity contribution in [3.8, 4) is 11.5 Å². The molecule has 2 aromatic rings. The van der Waals surface area contributed by atoms with Crippen molar-refractivity contribution in [1.29, 1.82) is 0 Å². The molecular formula is C17H20N2O2. The van der Waals surface area contributed by atoms with Crippen LogP contribution in [0.3, 0.4) is 0 Å². The van der Waals surface area contributed by atoms with Gasteiger partial charge in [0.2, 0.25) is 0 Å². The van der Waals surface area contributed by atoms with E-state index in [0.29, 0.717) is 13.2 Å². The SMILES string of the molecule is c1ccc(CCNCCc2ccc3c(c2)OCCO3)nc1. The van der Waals surface area contributed by atoms with E-state index in [1.165, 1.54) is 5.56 Å². The molecule has 2 heterocycles. The van der Waals surface area contributed by atoms with E-state index in [0.717, 1.165) is 43.1 Å². The molecule has 1 aliphatic heterocycles. The highest BCUT2D eigenvalue weighted by molar-refractivity contribution is 5.43. The van der Waals surface area contributed by atoms with Crippen LogP contribution in [-0.2, 0) is 12.8 Å². The summed E-state index contributed by atoms with van der Waals surface area (Å²) in [6.07, 6.45) is 3.78. The summed E-state index contributed by atoms with van der Waals surface area (Å²) in [4.78, 5) is 4.31. The molecule has 110 valence electrons. The first-order chi connectivity index (χ1) is 10.4. The number of benzene rings is 1. The van der Waals surface area contributed by atoms with Gasteiger partial charge in [-0.15, -0.1) is 0 Å². The first-order valence-electron chi connectivity index (χ1n) is 7.41. The van der Waals surface area contributed by atoms with Gasteiger partial charge in [-0.05, 0) is 42.8 Å². The number of pyridine rings is 1. The van der Waals surface area contributed by atoms with Crippen LogP contribution in [0.2, 0.25) is 0 Å². The maximum absolute atomic E-state index is 5.60. The summed E-state index contributed by atoms with van der Waals surface area (Å²) in [5.41, 5.74) is 2.40. The van der Waals surface area contributed by atoms with Crippen molar-refractivity contribution < 1.29 is 9.47 Å². The molecule has 0 unspecified atom stereocenters. The molecule has 1 N–H and O–H groups in total. The molecular weight excluding hydrogens is 264 g/mol. The van der Waals surface area contributed by atoms with Gasteiger partial charge >= 0.3 is 0 Å². The van der Waals surface area contributed by atoms with Crippen LogP contribution in [0.1, 0.15) is 11.3 Å². The number of hydrogen-bond acceptors (Lipinski definition) is 4. The minimum Gasteiger partial charge on any atom is -0.486 e. The average Bonchev–Trinajstić information content (AvgIpc) is 2.55. The Bertz CT molecular complexity index is 572. The second kappa shape index (κ2) is 7.09. The molecule has 0 aliphatic carbocycles. The van der Waals surface area contributed by atoms with Gasteiger partial charge in [-0.25, -0.2) is 0 Å². The van der Waals surface area contributed by atoms with Gasteiger partial charge in [0.25, 0.3) is 0 Å². The Kier molecular flexibility index (Phi) is 4.69. The Labute approximate surface area is 125 Å². The van der Waals surface area contributed by atoms with E-state index in [1.807, 2.05) is 24.4 Å². The van der Waals surface area contributed by atoms with Gasteiger partial charge in [-0.2, -0.15) is 0 Å². The molecule has 1 aromatic carbocycles. The van der Waals surface area contributed by atoms with Crippen molar-refractivity contribution >= 4 is 0 Å². The fraction of sp³-hybridized carbons (Fsp3) is 0.353. The molecule has 0 spiro atoms. The fourth-order valence-corrected chi connectivity index (χ4v) is 2.36. The van der Waals surface area contributed by atoms with Crippen molar-refractivity contribution in [3.05, 3.63) is 53.9 Å². The Hall–Kier alpha value is -2.07. The predicted molar refractivity (Wildman–Crippen MR) is 81.9 cm³/mol. The van der Waals surface area contributed by atoms with Gasteiger partial charge < -0.3 is 14.8 Å². The van der Waals surface area contributed by atoms with E-state index in [9.17, 15) is 0 Å².